The van der Waals surface area contributed by atoms with Gasteiger partial charge in [-0.15, -0.1) is 0 Å². The summed E-state index contributed by atoms with van der Waals surface area (Å²) >= 11 is 0. The Labute approximate surface area is 211 Å². The minimum absolute atomic E-state index is 0.0466. The summed E-state index contributed by atoms with van der Waals surface area (Å²) in [7, 11) is 0.296. The van der Waals surface area contributed by atoms with Crippen LogP contribution in [0.1, 0.15) is 12.5 Å². The molecule has 3 aromatic carbocycles. The lowest BCUT2D eigenvalue weighted by Gasteiger charge is -2.25. The second-order valence-corrected chi connectivity index (χ2v) is 9.45. The van der Waals surface area contributed by atoms with Crippen LogP contribution in [-0.2, 0) is 21.4 Å². The maximum absolute atomic E-state index is 13.7. The van der Waals surface area contributed by atoms with E-state index in [1.807, 2.05) is 19.1 Å². The van der Waals surface area contributed by atoms with Crippen LogP contribution in [-0.4, -0.2) is 48.8 Å². The van der Waals surface area contributed by atoms with Crippen LogP contribution in [0.15, 0.2) is 71.6 Å². The number of rotatable bonds is 12. The lowest BCUT2D eigenvalue weighted by molar-refractivity contribution is -0.119. The highest BCUT2D eigenvalue weighted by Crippen LogP contribution is 2.32. The van der Waals surface area contributed by atoms with E-state index in [0.29, 0.717) is 29.5 Å². The lowest BCUT2D eigenvalue weighted by atomic mass is 10.2. The van der Waals surface area contributed by atoms with E-state index in [2.05, 4.69) is 5.32 Å². The summed E-state index contributed by atoms with van der Waals surface area (Å²) in [5.74, 6) is 1.42. The fourth-order valence-electron chi connectivity index (χ4n) is 3.46. The fraction of sp³-hybridized carbons (Fsp3) is 0.269. The number of hydrogen-bond donors (Lipinski definition) is 1. The maximum atomic E-state index is 13.7. The highest BCUT2D eigenvalue weighted by molar-refractivity contribution is 7.92. The Morgan fingerprint density at radius 1 is 0.861 bits per heavy atom. The molecular weight excluding hydrogens is 484 g/mol. The third-order valence-corrected chi connectivity index (χ3v) is 7.06. The predicted molar refractivity (Wildman–Crippen MR) is 137 cm³/mol. The van der Waals surface area contributed by atoms with Crippen LogP contribution in [0.2, 0.25) is 0 Å². The first-order valence-corrected chi connectivity index (χ1v) is 12.6. The topological polar surface area (TPSA) is 103 Å². The van der Waals surface area contributed by atoms with Gasteiger partial charge in [0, 0.05) is 12.6 Å². The molecule has 0 aromatic heterocycles. The number of sulfonamides is 1. The van der Waals surface area contributed by atoms with E-state index in [4.69, 9.17) is 18.9 Å². The largest absolute Gasteiger partial charge is 0.497 e. The molecule has 1 N–H and O–H groups in total. The van der Waals surface area contributed by atoms with E-state index in [1.54, 1.807) is 43.5 Å². The molecular formula is C26H30N2O7S. The molecule has 0 aliphatic rings. The van der Waals surface area contributed by atoms with E-state index in [1.165, 1.54) is 32.4 Å². The molecule has 9 nitrogen and oxygen atoms in total. The number of nitrogens with zero attached hydrogens (tertiary/aromatic N) is 1. The van der Waals surface area contributed by atoms with E-state index in [0.717, 1.165) is 9.87 Å². The molecule has 0 unspecified atom stereocenters. The van der Waals surface area contributed by atoms with Gasteiger partial charge in [-0.1, -0.05) is 12.1 Å². The summed E-state index contributed by atoms with van der Waals surface area (Å²) < 4.78 is 49.6. The monoisotopic (exact) mass is 514 g/mol. The molecule has 0 saturated heterocycles. The van der Waals surface area contributed by atoms with E-state index >= 15 is 0 Å². The van der Waals surface area contributed by atoms with Crippen molar-refractivity contribution in [1.82, 2.24) is 5.32 Å². The van der Waals surface area contributed by atoms with E-state index < -0.39 is 22.5 Å². The number of amides is 1. The maximum Gasteiger partial charge on any atom is 0.264 e. The van der Waals surface area contributed by atoms with Gasteiger partial charge in [0.25, 0.3) is 10.0 Å². The Morgan fingerprint density at radius 3 is 2.22 bits per heavy atom. The minimum Gasteiger partial charge on any atom is -0.497 e. The Bertz CT molecular complexity index is 1280. The quantitative estimate of drug-likeness (QED) is 0.394. The molecule has 0 radical (unpaired) electrons. The van der Waals surface area contributed by atoms with E-state index in [-0.39, 0.29) is 17.2 Å². The number of anilines is 1. The Balaban J connectivity index is 1.90. The minimum atomic E-state index is -4.15. The SMILES string of the molecule is CCOc1ccc(N(CC(=O)NCc2cccc(OC)c2)S(=O)(=O)c2ccc(OC)c(OC)c2)cc1. The van der Waals surface area contributed by atoms with Gasteiger partial charge < -0.3 is 24.3 Å². The van der Waals surface area contributed by atoms with Gasteiger partial charge in [-0.3, -0.25) is 9.10 Å². The van der Waals surface area contributed by atoms with Gasteiger partial charge in [0.15, 0.2) is 11.5 Å². The van der Waals surface area contributed by atoms with Gasteiger partial charge in [-0.2, -0.15) is 0 Å². The van der Waals surface area contributed by atoms with Crippen LogP contribution in [0.25, 0.3) is 0 Å². The Kier molecular flexibility index (Phi) is 9.02. The first-order valence-electron chi connectivity index (χ1n) is 11.2. The molecule has 3 rings (SSSR count). The molecule has 0 aliphatic heterocycles. The third kappa shape index (κ3) is 6.39. The molecule has 0 heterocycles. The zero-order chi connectivity index (χ0) is 26.1. The molecule has 1 amide bonds. The van der Waals surface area contributed by atoms with E-state index in [9.17, 15) is 13.2 Å². The van der Waals surface area contributed by atoms with Gasteiger partial charge in [0.1, 0.15) is 18.0 Å². The zero-order valence-corrected chi connectivity index (χ0v) is 21.5. The second-order valence-electron chi connectivity index (χ2n) is 7.58. The number of hydrogen-bond acceptors (Lipinski definition) is 7. The summed E-state index contributed by atoms with van der Waals surface area (Å²) in [4.78, 5) is 12.9. The highest BCUT2D eigenvalue weighted by Gasteiger charge is 2.28. The molecule has 3 aromatic rings. The van der Waals surface area contributed by atoms with Crippen molar-refractivity contribution in [2.45, 2.75) is 18.4 Å². The summed E-state index contributed by atoms with van der Waals surface area (Å²) in [6.07, 6.45) is 0. The van der Waals surface area contributed by atoms with Crippen LogP contribution in [0.4, 0.5) is 5.69 Å². The van der Waals surface area contributed by atoms with Crippen LogP contribution < -0.4 is 28.6 Å². The lowest BCUT2D eigenvalue weighted by Crippen LogP contribution is -2.40. The average Bonchev–Trinajstić information content (AvgIpc) is 2.90. The van der Waals surface area contributed by atoms with Crippen LogP contribution in [0.5, 0.6) is 23.0 Å². The van der Waals surface area contributed by atoms with Crippen molar-refractivity contribution in [2.75, 3.05) is 38.8 Å². The molecule has 0 atom stereocenters. The first kappa shape index (κ1) is 26.7. The van der Waals surface area contributed by atoms with Crippen molar-refractivity contribution < 1.29 is 32.2 Å². The number of methoxy groups -OCH3 is 3. The van der Waals surface area contributed by atoms with Crippen molar-refractivity contribution in [3.05, 3.63) is 72.3 Å². The molecule has 0 aliphatic carbocycles. The fourth-order valence-corrected chi connectivity index (χ4v) is 4.90. The van der Waals surface area contributed by atoms with Crippen molar-refractivity contribution >= 4 is 21.6 Å². The molecule has 0 saturated carbocycles. The summed E-state index contributed by atoms with van der Waals surface area (Å²) in [6, 6.07) is 18.0. The standard InChI is InChI=1S/C26H30N2O7S/c1-5-35-21-11-9-20(10-12-21)28(18-26(29)27-17-19-7-6-8-22(15-19)32-2)36(30,31)23-13-14-24(33-3)25(16-23)34-4/h6-16H,5,17-18H2,1-4H3,(H,27,29). The van der Waals surface area contributed by atoms with Crippen LogP contribution in [0.3, 0.4) is 0 Å². The van der Waals surface area contributed by atoms with Crippen LogP contribution in [0, 0.1) is 0 Å². The molecule has 36 heavy (non-hydrogen) atoms. The average molecular weight is 515 g/mol. The second kappa shape index (κ2) is 12.2. The molecule has 0 fully saturated rings. The summed E-state index contributed by atoms with van der Waals surface area (Å²) in [6.45, 7) is 2.10. The first-order chi connectivity index (χ1) is 17.3. The third-order valence-electron chi connectivity index (χ3n) is 5.29. The summed E-state index contributed by atoms with van der Waals surface area (Å²) in [5, 5.41) is 2.78. The zero-order valence-electron chi connectivity index (χ0n) is 20.7. The normalized spacial score (nSPS) is 10.9. The van der Waals surface area contributed by atoms with Crippen molar-refractivity contribution in [3.8, 4) is 23.0 Å². The number of benzene rings is 3. The molecule has 0 bridgehead atoms. The van der Waals surface area contributed by atoms with Gasteiger partial charge in [0.05, 0.1) is 38.5 Å². The Hall–Kier alpha value is -3.92. The molecule has 192 valence electrons. The van der Waals surface area contributed by atoms with Gasteiger partial charge in [0.2, 0.25) is 5.91 Å². The summed E-state index contributed by atoms with van der Waals surface area (Å²) in [5.41, 5.74) is 1.13. The van der Waals surface area contributed by atoms with Crippen molar-refractivity contribution in [2.24, 2.45) is 0 Å². The number of ether oxygens (including phenoxy) is 4. The molecule has 10 heteroatoms. The van der Waals surface area contributed by atoms with Crippen molar-refractivity contribution in [3.63, 3.8) is 0 Å². The van der Waals surface area contributed by atoms with Gasteiger partial charge in [-0.25, -0.2) is 8.42 Å². The smallest absolute Gasteiger partial charge is 0.264 e. The Morgan fingerprint density at radius 2 is 1.58 bits per heavy atom. The predicted octanol–water partition coefficient (Wildman–Crippen LogP) is 3.62. The number of carbonyl (C=O) groups is 1. The highest BCUT2D eigenvalue weighted by atomic mass is 32.2. The molecule has 0 spiro atoms. The van der Waals surface area contributed by atoms with Gasteiger partial charge >= 0.3 is 0 Å². The van der Waals surface area contributed by atoms with Gasteiger partial charge in [-0.05, 0) is 61.0 Å². The van der Waals surface area contributed by atoms with Crippen molar-refractivity contribution in [1.29, 1.82) is 0 Å². The van der Waals surface area contributed by atoms with Crippen LogP contribution >= 0.6 is 0 Å². The number of nitrogens with one attached hydrogen (secondary N) is 1. The number of carbonyl (C=O) groups excluding carboxylic acids is 1.